The van der Waals surface area contributed by atoms with E-state index in [1.54, 1.807) is 14.0 Å². The second kappa shape index (κ2) is 6.18. The van der Waals surface area contributed by atoms with Crippen molar-refractivity contribution in [3.05, 3.63) is 0 Å². The van der Waals surface area contributed by atoms with Gasteiger partial charge in [0.15, 0.2) is 0 Å². The molecule has 0 amide bonds. The Hall–Kier alpha value is -0.650. The normalized spacial score (nSPS) is 30.6. The van der Waals surface area contributed by atoms with E-state index in [4.69, 9.17) is 9.47 Å². The molecule has 5 heteroatoms. The van der Waals surface area contributed by atoms with Crippen LogP contribution in [0.15, 0.2) is 0 Å². The molecule has 0 heterocycles. The third-order valence-corrected chi connectivity index (χ3v) is 2.92. The first-order valence-corrected chi connectivity index (χ1v) is 5.62. The molecular formula is C11H21NO4. The molecular weight excluding hydrogens is 210 g/mol. The van der Waals surface area contributed by atoms with Crippen molar-refractivity contribution < 1.29 is 19.0 Å². The standard InChI is InChI=1S/C11H21NO4/c1-5-16-9-6-8(10(9)14-3)12-7(2)11(13)15-4/h7-10,12H,5-6H2,1-4H3/t7-,8?,9?,10?/m0/s1. The molecule has 0 aliphatic heterocycles. The molecule has 94 valence electrons. The molecule has 1 aliphatic carbocycles. The molecule has 0 saturated heterocycles. The van der Waals surface area contributed by atoms with Crippen molar-refractivity contribution >= 4 is 5.97 Å². The van der Waals surface area contributed by atoms with Crippen LogP contribution in [0.2, 0.25) is 0 Å². The van der Waals surface area contributed by atoms with Gasteiger partial charge in [0.05, 0.1) is 19.3 Å². The lowest BCUT2D eigenvalue weighted by molar-refractivity contribution is -0.149. The van der Waals surface area contributed by atoms with Crippen LogP contribution in [0, 0.1) is 0 Å². The molecule has 1 fully saturated rings. The molecule has 1 N–H and O–H groups in total. The van der Waals surface area contributed by atoms with E-state index in [-0.39, 0.29) is 30.3 Å². The molecule has 0 bridgehead atoms. The van der Waals surface area contributed by atoms with E-state index in [2.05, 4.69) is 10.1 Å². The highest BCUT2D eigenvalue weighted by atomic mass is 16.5. The summed E-state index contributed by atoms with van der Waals surface area (Å²) in [7, 11) is 3.05. The first-order valence-electron chi connectivity index (χ1n) is 5.62. The topological polar surface area (TPSA) is 56.8 Å². The van der Waals surface area contributed by atoms with Crippen molar-refractivity contribution in [2.75, 3.05) is 20.8 Å². The van der Waals surface area contributed by atoms with Crippen LogP contribution < -0.4 is 5.32 Å². The summed E-state index contributed by atoms with van der Waals surface area (Å²) in [5.41, 5.74) is 0. The maximum Gasteiger partial charge on any atom is 0.322 e. The summed E-state index contributed by atoms with van der Waals surface area (Å²) in [6.07, 6.45) is 1.03. The fraction of sp³-hybridized carbons (Fsp3) is 0.909. The number of hydrogen-bond acceptors (Lipinski definition) is 5. The Balaban J connectivity index is 2.37. The monoisotopic (exact) mass is 231 g/mol. The molecule has 0 aromatic rings. The maximum absolute atomic E-state index is 11.2. The van der Waals surface area contributed by atoms with Gasteiger partial charge in [0, 0.05) is 19.8 Å². The number of nitrogens with one attached hydrogen (secondary N) is 1. The molecule has 0 aromatic heterocycles. The van der Waals surface area contributed by atoms with Gasteiger partial charge in [-0.05, 0) is 20.3 Å². The zero-order valence-corrected chi connectivity index (χ0v) is 10.4. The Morgan fingerprint density at radius 2 is 2.19 bits per heavy atom. The lowest BCUT2D eigenvalue weighted by Crippen LogP contribution is -2.62. The van der Waals surface area contributed by atoms with Gasteiger partial charge in [0.1, 0.15) is 6.04 Å². The van der Waals surface area contributed by atoms with Gasteiger partial charge in [0.25, 0.3) is 0 Å². The summed E-state index contributed by atoms with van der Waals surface area (Å²) in [6, 6.07) is -0.147. The fourth-order valence-corrected chi connectivity index (χ4v) is 2.00. The average Bonchev–Trinajstić information content (AvgIpc) is 2.26. The summed E-state index contributed by atoms with van der Waals surface area (Å²) in [5, 5.41) is 3.18. The van der Waals surface area contributed by atoms with Gasteiger partial charge in [-0.1, -0.05) is 0 Å². The van der Waals surface area contributed by atoms with Crippen molar-refractivity contribution in [3.8, 4) is 0 Å². The van der Waals surface area contributed by atoms with Crippen molar-refractivity contribution in [2.45, 2.75) is 44.6 Å². The van der Waals surface area contributed by atoms with E-state index in [0.29, 0.717) is 6.61 Å². The second-order valence-corrected chi connectivity index (χ2v) is 3.95. The molecule has 5 nitrogen and oxygen atoms in total. The van der Waals surface area contributed by atoms with Gasteiger partial charge >= 0.3 is 5.97 Å². The van der Waals surface area contributed by atoms with Crippen LogP contribution >= 0.6 is 0 Å². The Labute approximate surface area is 96.4 Å². The zero-order chi connectivity index (χ0) is 12.1. The minimum atomic E-state index is -0.310. The molecule has 0 aromatic carbocycles. The third-order valence-electron chi connectivity index (χ3n) is 2.92. The molecule has 16 heavy (non-hydrogen) atoms. The van der Waals surface area contributed by atoms with Crippen molar-refractivity contribution in [1.82, 2.24) is 5.32 Å². The highest BCUT2D eigenvalue weighted by Gasteiger charge is 2.43. The summed E-state index contributed by atoms with van der Waals surface area (Å²) in [4.78, 5) is 11.2. The number of rotatable bonds is 6. The Morgan fingerprint density at radius 1 is 1.50 bits per heavy atom. The zero-order valence-electron chi connectivity index (χ0n) is 10.4. The SMILES string of the molecule is CCOC1CC(N[C@@H](C)C(=O)OC)C1OC. The molecule has 1 rings (SSSR count). The number of esters is 1. The van der Waals surface area contributed by atoms with Gasteiger partial charge in [-0.3, -0.25) is 10.1 Å². The van der Waals surface area contributed by atoms with Crippen LogP contribution in [0.25, 0.3) is 0 Å². The van der Waals surface area contributed by atoms with Crippen LogP contribution in [0.5, 0.6) is 0 Å². The molecule has 1 aliphatic rings. The largest absolute Gasteiger partial charge is 0.468 e. The minimum absolute atomic E-state index is 0.0204. The number of ether oxygens (including phenoxy) is 3. The number of hydrogen-bond donors (Lipinski definition) is 1. The van der Waals surface area contributed by atoms with Gasteiger partial charge in [0.2, 0.25) is 0 Å². The fourth-order valence-electron chi connectivity index (χ4n) is 2.00. The highest BCUT2D eigenvalue weighted by Crippen LogP contribution is 2.27. The first kappa shape index (κ1) is 13.4. The van der Waals surface area contributed by atoms with E-state index in [1.165, 1.54) is 7.11 Å². The third kappa shape index (κ3) is 2.93. The number of carbonyl (C=O) groups is 1. The Morgan fingerprint density at radius 3 is 2.69 bits per heavy atom. The molecule has 4 atom stereocenters. The summed E-state index contributed by atoms with van der Waals surface area (Å²) < 4.78 is 15.5. The minimum Gasteiger partial charge on any atom is -0.468 e. The lowest BCUT2D eigenvalue weighted by Gasteiger charge is -2.44. The van der Waals surface area contributed by atoms with E-state index >= 15 is 0 Å². The highest BCUT2D eigenvalue weighted by molar-refractivity contribution is 5.75. The second-order valence-electron chi connectivity index (χ2n) is 3.95. The van der Waals surface area contributed by atoms with Crippen LogP contribution in [-0.4, -0.2) is 51.1 Å². The van der Waals surface area contributed by atoms with Crippen LogP contribution in [-0.2, 0) is 19.0 Å². The molecule has 3 unspecified atom stereocenters. The van der Waals surface area contributed by atoms with Crippen LogP contribution in [0.1, 0.15) is 20.3 Å². The van der Waals surface area contributed by atoms with Gasteiger partial charge in [-0.15, -0.1) is 0 Å². The van der Waals surface area contributed by atoms with Gasteiger partial charge in [-0.25, -0.2) is 0 Å². The number of carbonyl (C=O) groups excluding carboxylic acids is 1. The molecule has 0 spiro atoms. The smallest absolute Gasteiger partial charge is 0.322 e. The van der Waals surface area contributed by atoms with E-state index in [9.17, 15) is 4.79 Å². The predicted octanol–water partition coefficient (Wildman–Crippen LogP) is 0.330. The van der Waals surface area contributed by atoms with Crippen molar-refractivity contribution in [2.24, 2.45) is 0 Å². The molecule has 1 saturated carbocycles. The number of methoxy groups -OCH3 is 2. The summed E-state index contributed by atoms with van der Waals surface area (Å²) in [6.45, 7) is 4.43. The van der Waals surface area contributed by atoms with Gasteiger partial charge in [-0.2, -0.15) is 0 Å². The quantitative estimate of drug-likeness (QED) is 0.668. The lowest BCUT2D eigenvalue weighted by atomic mass is 9.84. The first-order chi connectivity index (χ1) is 7.63. The van der Waals surface area contributed by atoms with Crippen molar-refractivity contribution in [3.63, 3.8) is 0 Å². The van der Waals surface area contributed by atoms with E-state index < -0.39 is 0 Å². The average molecular weight is 231 g/mol. The predicted molar refractivity (Wildman–Crippen MR) is 59.2 cm³/mol. The van der Waals surface area contributed by atoms with E-state index in [1.807, 2.05) is 6.92 Å². The Kier molecular flexibility index (Phi) is 5.18. The van der Waals surface area contributed by atoms with Crippen molar-refractivity contribution in [1.29, 1.82) is 0 Å². The van der Waals surface area contributed by atoms with Crippen LogP contribution in [0.3, 0.4) is 0 Å². The van der Waals surface area contributed by atoms with Crippen LogP contribution in [0.4, 0.5) is 0 Å². The van der Waals surface area contributed by atoms with E-state index in [0.717, 1.165) is 6.42 Å². The molecule has 0 radical (unpaired) electrons. The van der Waals surface area contributed by atoms with Gasteiger partial charge < -0.3 is 14.2 Å². The summed E-state index contributed by atoms with van der Waals surface area (Å²) >= 11 is 0. The summed E-state index contributed by atoms with van der Waals surface area (Å²) in [5.74, 6) is -0.255. The Bertz CT molecular complexity index is 234. The maximum atomic E-state index is 11.2.